The highest BCUT2D eigenvalue weighted by molar-refractivity contribution is 4.88. The molecule has 1 rings (SSSR count). The summed E-state index contributed by atoms with van der Waals surface area (Å²) >= 11 is 0. The molecule has 1 fully saturated rings. The maximum atomic E-state index is 9.81. The number of rotatable bonds is 10. The molecule has 0 radical (unpaired) electrons. The third-order valence-electron chi connectivity index (χ3n) is 4.05. The first-order chi connectivity index (χ1) is 10.5. The lowest BCUT2D eigenvalue weighted by atomic mass is 9.99. The van der Waals surface area contributed by atoms with Crippen LogP contribution in [0.2, 0.25) is 0 Å². The van der Waals surface area contributed by atoms with Crippen LogP contribution >= 0.6 is 0 Å². The zero-order chi connectivity index (χ0) is 16.5. The molecule has 7 nitrogen and oxygen atoms in total. The van der Waals surface area contributed by atoms with Gasteiger partial charge in [-0.3, -0.25) is 0 Å². The van der Waals surface area contributed by atoms with Gasteiger partial charge in [-0.1, -0.05) is 32.6 Å². The number of ether oxygens (including phenoxy) is 2. The van der Waals surface area contributed by atoms with Crippen molar-refractivity contribution in [2.75, 3.05) is 13.2 Å². The second-order valence-electron chi connectivity index (χ2n) is 5.97. The van der Waals surface area contributed by atoms with E-state index in [1.807, 2.05) is 0 Å². The van der Waals surface area contributed by atoms with Gasteiger partial charge in [0.05, 0.1) is 13.2 Å². The molecule has 1 aliphatic rings. The quantitative estimate of drug-likeness (QED) is 0.343. The predicted molar refractivity (Wildman–Crippen MR) is 81.1 cm³/mol. The van der Waals surface area contributed by atoms with Gasteiger partial charge in [0.1, 0.15) is 24.4 Å². The second kappa shape index (κ2) is 10.5. The zero-order valence-corrected chi connectivity index (χ0v) is 13.3. The maximum Gasteiger partial charge on any atom is 0.186 e. The van der Waals surface area contributed by atoms with Crippen LogP contribution in [0.4, 0.5) is 0 Å². The van der Waals surface area contributed by atoms with E-state index < -0.39 is 37.3 Å². The minimum atomic E-state index is -1.40. The summed E-state index contributed by atoms with van der Waals surface area (Å²) < 4.78 is 10.7. The second-order valence-corrected chi connectivity index (χ2v) is 5.97. The van der Waals surface area contributed by atoms with E-state index in [0.717, 1.165) is 12.8 Å². The third-order valence-corrected chi connectivity index (χ3v) is 4.05. The van der Waals surface area contributed by atoms with Gasteiger partial charge < -0.3 is 35.6 Å². The number of aliphatic hydroxyl groups is 4. The highest BCUT2D eigenvalue weighted by Gasteiger charge is 2.43. The largest absolute Gasteiger partial charge is 0.394 e. The van der Waals surface area contributed by atoms with Crippen LogP contribution in [0.15, 0.2) is 0 Å². The molecular formula is C15H31NO6. The van der Waals surface area contributed by atoms with E-state index in [1.165, 1.54) is 19.3 Å². The Morgan fingerprint density at radius 3 is 2.41 bits per heavy atom. The molecule has 1 aliphatic heterocycles. The topological polar surface area (TPSA) is 125 Å². The molecule has 22 heavy (non-hydrogen) atoms. The molecule has 7 heteroatoms. The Labute approximate surface area is 132 Å². The number of aliphatic hydroxyl groups excluding tert-OH is 4. The summed E-state index contributed by atoms with van der Waals surface area (Å²) in [7, 11) is 0. The van der Waals surface area contributed by atoms with E-state index in [1.54, 1.807) is 0 Å². The molecule has 0 aliphatic carbocycles. The van der Waals surface area contributed by atoms with Crippen molar-refractivity contribution in [3.05, 3.63) is 0 Å². The fourth-order valence-electron chi connectivity index (χ4n) is 2.52. The van der Waals surface area contributed by atoms with Crippen LogP contribution < -0.4 is 5.73 Å². The lowest BCUT2D eigenvalue weighted by molar-refractivity contribution is -0.301. The standard InChI is InChI=1S/C15H31NO6/c1-2-3-4-5-6-10(16)7-8-21-15-14(20)13(19)12(18)11(9-17)22-15/h10-15,17-20H,2-9,16H2,1H3/t10-,11?,12+,13?,14?,15+/m1/s1. The van der Waals surface area contributed by atoms with E-state index in [0.29, 0.717) is 6.42 Å². The molecule has 0 aromatic heterocycles. The molecule has 1 heterocycles. The molecular weight excluding hydrogens is 290 g/mol. The maximum absolute atomic E-state index is 9.81. The summed E-state index contributed by atoms with van der Waals surface area (Å²) in [5, 5.41) is 38.2. The van der Waals surface area contributed by atoms with Gasteiger partial charge in [-0.05, 0) is 12.8 Å². The Balaban J connectivity index is 2.25. The highest BCUT2D eigenvalue weighted by atomic mass is 16.7. The lowest BCUT2D eigenvalue weighted by Gasteiger charge is -2.39. The van der Waals surface area contributed by atoms with Crippen molar-refractivity contribution in [3.63, 3.8) is 0 Å². The van der Waals surface area contributed by atoms with Crippen LogP contribution in [0.5, 0.6) is 0 Å². The highest BCUT2D eigenvalue weighted by Crippen LogP contribution is 2.22. The van der Waals surface area contributed by atoms with Crippen LogP contribution in [0.1, 0.15) is 45.4 Å². The molecule has 0 saturated carbocycles. The van der Waals surface area contributed by atoms with Crippen LogP contribution in [-0.2, 0) is 9.47 Å². The summed E-state index contributed by atoms with van der Waals surface area (Å²) in [6.07, 6.45) is 0.113. The van der Waals surface area contributed by atoms with Crippen LogP contribution in [-0.4, -0.2) is 70.4 Å². The van der Waals surface area contributed by atoms with Gasteiger partial charge in [-0.25, -0.2) is 0 Å². The van der Waals surface area contributed by atoms with Gasteiger partial charge in [-0.2, -0.15) is 0 Å². The predicted octanol–water partition coefficient (Wildman–Crippen LogP) is -0.509. The van der Waals surface area contributed by atoms with Crippen molar-refractivity contribution in [2.24, 2.45) is 5.73 Å². The van der Waals surface area contributed by atoms with Crippen molar-refractivity contribution in [1.82, 2.24) is 0 Å². The van der Waals surface area contributed by atoms with Gasteiger partial charge in [0, 0.05) is 6.04 Å². The first kappa shape index (κ1) is 19.8. The van der Waals surface area contributed by atoms with Crippen LogP contribution in [0, 0.1) is 0 Å². The third kappa shape index (κ3) is 6.08. The van der Waals surface area contributed by atoms with Crippen LogP contribution in [0.25, 0.3) is 0 Å². The van der Waals surface area contributed by atoms with E-state index in [4.69, 9.17) is 20.3 Å². The normalized spacial score (nSPS) is 33.8. The SMILES string of the molecule is CCCCCC[C@@H](N)CCO[C@H]1OC(CO)[C@H](O)C(O)C1O. The summed E-state index contributed by atoms with van der Waals surface area (Å²) in [6.45, 7) is 1.99. The summed E-state index contributed by atoms with van der Waals surface area (Å²) in [5.41, 5.74) is 6.00. The first-order valence-corrected chi connectivity index (χ1v) is 8.19. The first-order valence-electron chi connectivity index (χ1n) is 8.19. The number of hydrogen-bond acceptors (Lipinski definition) is 7. The van der Waals surface area contributed by atoms with Crippen LogP contribution in [0.3, 0.4) is 0 Å². The van der Waals surface area contributed by atoms with Crippen molar-refractivity contribution in [2.45, 2.75) is 82.2 Å². The van der Waals surface area contributed by atoms with Crippen molar-refractivity contribution in [3.8, 4) is 0 Å². The number of hydrogen-bond donors (Lipinski definition) is 5. The average Bonchev–Trinajstić information content (AvgIpc) is 2.51. The smallest absolute Gasteiger partial charge is 0.186 e. The number of unbranched alkanes of at least 4 members (excludes halogenated alkanes) is 3. The minimum absolute atomic E-state index is 0.0294. The van der Waals surface area contributed by atoms with Gasteiger partial charge in [0.25, 0.3) is 0 Å². The summed E-state index contributed by atoms with van der Waals surface area (Å²) in [5.74, 6) is 0. The van der Waals surface area contributed by atoms with E-state index in [9.17, 15) is 15.3 Å². The lowest BCUT2D eigenvalue weighted by Crippen LogP contribution is -2.59. The molecule has 3 unspecified atom stereocenters. The Morgan fingerprint density at radius 2 is 1.77 bits per heavy atom. The fraction of sp³-hybridized carbons (Fsp3) is 1.00. The van der Waals surface area contributed by atoms with Gasteiger partial charge in [-0.15, -0.1) is 0 Å². The van der Waals surface area contributed by atoms with Crippen molar-refractivity contribution >= 4 is 0 Å². The molecule has 0 aromatic carbocycles. The molecule has 6 N–H and O–H groups in total. The fourth-order valence-corrected chi connectivity index (χ4v) is 2.52. The molecule has 0 bridgehead atoms. The number of nitrogens with two attached hydrogens (primary N) is 1. The Morgan fingerprint density at radius 1 is 1.05 bits per heavy atom. The molecule has 6 atom stereocenters. The Hall–Kier alpha value is -0.280. The van der Waals surface area contributed by atoms with Gasteiger partial charge in [0.15, 0.2) is 6.29 Å². The van der Waals surface area contributed by atoms with Gasteiger partial charge >= 0.3 is 0 Å². The average molecular weight is 321 g/mol. The molecule has 0 aromatic rings. The summed E-state index contributed by atoms with van der Waals surface area (Å²) in [6, 6.07) is 0.0294. The zero-order valence-electron chi connectivity index (χ0n) is 13.3. The molecule has 0 amide bonds. The molecule has 132 valence electrons. The van der Waals surface area contributed by atoms with E-state index in [-0.39, 0.29) is 12.6 Å². The summed E-state index contributed by atoms with van der Waals surface area (Å²) in [4.78, 5) is 0. The minimum Gasteiger partial charge on any atom is -0.394 e. The Bertz CT molecular complexity index is 291. The van der Waals surface area contributed by atoms with Crippen molar-refractivity contribution in [1.29, 1.82) is 0 Å². The molecule has 0 spiro atoms. The Kier molecular flexibility index (Phi) is 9.42. The van der Waals surface area contributed by atoms with Gasteiger partial charge in [0.2, 0.25) is 0 Å². The van der Waals surface area contributed by atoms with E-state index >= 15 is 0 Å². The van der Waals surface area contributed by atoms with E-state index in [2.05, 4.69) is 6.92 Å². The van der Waals surface area contributed by atoms with Crippen molar-refractivity contribution < 1.29 is 29.9 Å². The molecule has 1 saturated heterocycles. The monoisotopic (exact) mass is 321 g/mol.